The Bertz CT molecular complexity index is 853. The molecule has 0 aliphatic heterocycles. The van der Waals surface area contributed by atoms with E-state index in [0.29, 0.717) is 12.2 Å². The molecule has 0 saturated heterocycles. The number of aromatic nitrogens is 1. The van der Waals surface area contributed by atoms with Crippen LogP contribution in [-0.4, -0.2) is 4.98 Å². The number of nitrogens with zero attached hydrogens (tertiary/aromatic N) is 1. The van der Waals surface area contributed by atoms with Gasteiger partial charge >= 0.3 is 0 Å². The van der Waals surface area contributed by atoms with E-state index < -0.39 is 10.9 Å². The van der Waals surface area contributed by atoms with Crippen LogP contribution >= 0.6 is 0 Å². The summed E-state index contributed by atoms with van der Waals surface area (Å²) in [5, 5.41) is 5.74. The van der Waals surface area contributed by atoms with Crippen molar-refractivity contribution >= 4 is 17.1 Å². The van der Waals surface area contributed by atoms with Crippen molar-refractivity contribution < 1.29 is 4.39 Å². The zero-order chi connectivity index (χ0) is 15.5. The number of benzene rings is 1. The second kappa shape index (κ2) is 5.77. The topological polar surface area (TPSA) is 71.1 Å². The molecular weight excluding hydrogens is 285 g/mol. The second-order valence-corrected chi connectivity index (χ2v) is 4.71. The number of hydrogen-bond acceptors (Lipinski definition) is 5. The number of halogens is 1. The molecule has 2 N–H and O–H groups in total. The molecule has 0 radical (unpaired) electrons. The first kappa shape index (κ1) is 13.9. The van der Waals surface area contributed by atoms with E-state index in [1.54, 1.807) is 12.3 Å². The van der Waals surface area contributed by atoms with Crippen LogP contribution in [0.4, 0.5) is 21.5 Å². The van der Waals surface area contributed by atoms with Crippen LogP contribution < -0.4 is 21.5 Å². The van der Waals surface area contributed by atoms with Gasteiger partial charge in [-0.05, 0) is 36.4 Å². The largest absolute Gasteiger partial charge is 0.374 e. The molecule has 0 amide bonds. The van der Waals surface area contributed by atoms with Crippen molar-refractivity contribution in [2.24, 2.45) is 0 Å². The van der Waals surface area contributed by atoms with E-state index >= 15 is 0 Å². The third-order valence-electron chi connectivity index (χ3n) is 3.20. The van der Waals surface area contributed by atoms with Gasteiger partial charge in [-0.2, -0.15) is 0 Å². The lowest BCUT2D eigenvalue weighted by Crippen LogP contribution is -2.36. The van der Waals surface area contributed by atoms with E-state index in [4.69, 9.17) is 0 Å². The summed E-state index contributed by atoms with van der Waals surface area (Å²) in [5.41, 5.74) is 0.540. The van der Waals surface area contributed by atoms with Crippen LogP contribution in [0.15, 0.2) is 58.3 Å². The highest BCUT2D eigenvalue weighted by Gasteiger charge is 2.20. The predicted molar refractivity (Wildman–Crippen MR) is 82.6 cm³/mol. The molecule has 0 bridgehead atoms. The fourth-order valence-corrected chi connectivity index (χ4v) is 2.04. The Morgan fingerprint density at radius 1 is 0.955 bits per heavy atom. The Kier molecular flexibility index (Phi) is 3.65. The number of rotatable bonds is 5. The van der Waals surface area contributed by atoms with Crippen molar-refractivity contribution in [3.63, 3.8) is 0 Å². The van der Waals surface area contributed by atoms with Gasteiger partial charge in [0.2, 0.25) is 0 Å². The van der Waals surface area contributed by atoms with Crippen molar-refractivity contribution in [2.75, 3.05) is 10.6 Å². The third-order valence-corrected chi connectivity index (χ3v) is 3.20. The van der Waals surface area contributed by atoms with E-state index in [1.807, 2.05) is 12.1 Å². The molecule has 3 aromatic rings. The summed E-state index contributed by atoms with van der Waals surface area (Å²) in [4.78, 5) is 27.4. The molecule has 0 aliphatic carbocycles. The molecule has 0 fully saturated rings. The number of hydrogen-bond donors (Lipinski definition) is 2. The van der Waals surface area contributed by atoms with Crippen LogP contribution in [0.2, 0.25) is 0 Å². The summed E-state index contributed by atoms with van der Waals surface area (Å²) in [6.07, 6.45) is 1.65. The van der Waals surface area contributed by atoms with E-state index in [1.165, 1.54) is 24.3 Å². The fraction of sp³-hybridized carbons (Fsp3) is 0.0625. The minimum absolute atomic E-state index is 0.188. The predicted octanol–water partition coefficient (Wildman–Crippen LogP) is 2.17. The van der Waals surface area contributed by atoms with E-state index in [2.05, 4.69) is 15.6 Å². The van der Waals surface area contributed by atoms with Crippen molar-refractivity contribution in [3.8, 4) is 0 Å². The van der Waals surface area contributed by atoms with Gasteiger partial charge in [0.05, 0.1) is 12.2 Å². The lowest BCUT2D eigenvalue weighted by atomic mass is 10.1. The monoisotopic (exact) mass is 297 g/mol. The van der Waals surface area contributed by atoms with Gasteiger partial charge < -0.3 is 10.6 Å². The van der Waals surface area contributed by atoms with Gasteiger partial charge in [-0.25, -0.2) is 4.39 Å². The van der Waals surface area contributed by atoms with Crippen molar-refractivity contribution in [2.45, 2.75) is 6.54 Å². The summed E-state index contributed by atoms with van der Waals surface area (Å²) in [7, 11) is 0. The van der Waals surface area contributed by atoms with E-state index in [9.17, 15) is 14.0 Å². The summed E-state index contributed by atoms with van der Waals surface area (Å²) in [6, 6.07) is 11.0. The molecule has 0 spiro atoms. The van der Waals surface area contributed by atoms with Crippen LogP contribution in [0.25, 0.3) is 0 Å². The number of anilines is 3. The molecule has 1 aromatic heterocycles. The molecule has 2 aromatic carbocycles. The maximum Gasteiger partial charge on any atom is 0.253 e. The molecule has 0 atom stereocenters. The van der Waals surface area contributed by atoms with Gasteiger partial charge in [-0.3, -0.25) is 14.6 Å². The van der Waals surface area contributed by atoms with Gasteiger partial charge in [0.15, 0.2) is 0 Å². The Balaban J connectivity index is 1.76. The van der Waals surface area contributed by atoms with E-state index in [-0.39, 0.29) is 17.2 Å². The van der Waals surface area contributed by atoms with Crippen molar-refractivity contribution in [3.05, 3.63) is 80.6 Å². The fourth-order valence-electron chi connectivity index (χ4n) is 2.04. The molecule has 6 heteroatoms. The zero-order valence-corrected chi connectivity index (χ0v) is 11.5. The smallest absolute Gasteiger partial charge is 0.253 e. The molecule has 1 heterocycles. The van der Waals surface area contributed by atoms with Gasteiger partial charge in [0, 0.05) is 11.9 Å². The second-order valence-electron chi connectivity index (χ2n) is 4.71. The lowest BCUT2D eigenvalue weighted by molar-refractivity contribution is 0.628. The zero-order valence-electron chi connectivity index (χ0n) is 11.5. The highest BCUT2D eigenvalue weighted by molar-refractivity contribution is 5.78. The first-order chi connectivity index (χ1) is 10.6. The molecule has 0 saturated carbocycles. The van der Waals surface area contributed by atoms with Crippen molar-refractivity contribution in [1.82, 2.24) is 4.98 Å². The summed E-state index contributed by atoms with van der Waals surface area (Å²) in [5.74, 6) is -0.371. The summed E-state index contributed by atoms with van der Waals surface area (Å²) < 4.78 is 12.9. The maximum atomic E-state index is 12.9. The number of nitrogens with one attached hydrogen (secondary N) is 2. The average Bonchev–Trinajstić information content (AvgIpc) is 2.56. The molecule has 3 rings (SSSR count). The summed E-state index contributed by atoms with van der Waals surface area (Å²) in [6.45, 7) is 0.337. The van der Waals surface area contributed by atoms with Crippen LogP contribution in [-0.2, 0) is 6.54 Å². The first-order valence-corrected chi connectivity index (χ1v) is 6.65. The van der Waals surface area contributed by atoms with Gasteiger partial charge in [0.1, 0.15) is 17.2 Å². The highest BCUT2D eigenvalue weighted by Crippen LogP contribution is 2.21. The molecule has 5 nitrogen and oxygen atoms in total. The summed E-state index contributed by atoms with van der Waals surface area (Å²) >= 11 is 0. The van der Waals surface area contributed by atoms with Crippen LogP contribution in [0.5, 0.6) is 0 Å². The Hall–Kier alpha value is -3.02. The van der Waals surface area contributed by atoms with E-state index in [0.717, 1.165) is 5.69 Å². The van der Waals surface area contributed by atoms with Crippen molar-refractivity contribution in [1.29, 1.82) is 0 Å². The first-order valence-electron chi connectivity index (χ1n) is 6.65. The lowest BCUT2D eigenvalue weighted by Gasteiger charge is -2.14. The van der Waals surface area contributed by atoms with Crippen LogP contribution in [0.1, 0.15) is 5.69 Å². The minimum atomic E-state index is -0.590. The molecule has 0 aliphatic rings. The van der Waals surface area contributed by atoms with Crippen LogP contribution in [0, 0.1) is 5.82 Å². The molecule has 110 valence electrons. The maximum absolute atomic E-state index is 12.9. The van der Waals surface area contributed by atoms with Crippen LogP contribution in [0.3, 0.4) is 0 Å². The standard InChI is InChI=1S/C16H12FN3O2/c17-10-4-6-11(7-5-10)20-14-13(15(21)16(14)22)19-9-12-3-1-2-8-18-12/h1-8,19-20H,9H2. The highest BCUT2D eigenvalue weighted by atomic mass is 19.1. The Morgan fingerprint density at radius 2 is 1.68 bits per heavy atom. The Morgan fingerprint density at radius 3 is 2.36 bits per heavy atom. The van der Waals surface area contributed by atoms with Gasteiger partial charge in [-0.15, -0.1) is 0 Å². The Labute approximate surface area is 125 Å². The molecule has 22 heavy (non-hydrogen) atoms. The number of pyridine rings is 1. The third kappa shape index (κ3) is 2.71. The normalized spacial score (nSPS) is 10.6. The minimum Gasteiger partial charge on any atom is -0.374 e. The molecule has 0 unspecified atom stereocenters. The van der Waals surface area contributed by atoms with Gasteiger partial charge in [0.25, 0.3) is 10.9 Å². The van der Waals surface area contributed by atoms with Gasteiger partial charge in [-0.1, -0.05) is 6.07 Å². The quantitative estimate of drug-likeness (QED) is 0.706. The SMILES string of the molecule is O=c1c(NCc2ccccn2)c(Nc2ccc(F)cc2)c1=O. The average molecular weight is 297 g/mol. The molecular formula is C16H12FN3O2.